The second-order valence-electron chi connectivity index (χ2n) is 7.69. The van der Waals surface area contributed by atoms with Gasteiger partial charge >= 0.3 is 0 Å². The van der Waals surface area contributed by atoms with Gasteiger partial charge in [-0.3, -0.25) is 4.98 Å². The average molecular weight is 492 g/mol. The van der Waals surface area contributed by atoms with Crippen LogP contribution < -0.4 is 4.73 Å². The minimum absolute atomic E-state index is 0.507. The van der Waals surface area contributed by atoms with E-state index in [2.05, 4.69) is 22.5 Å². The number of aromatic nitrogens is 5. The number of thiazole rings is 2. The Hall–Kier alpha value is -4.27. The number of hydrogen-bond acceptors (Lipinski definition) is 7. The van der Waals surface area contributed by atoms with Crippen molar-refractivity contribution in [3.63, 3.8) is 0 Å². The Morgan fingerprint density at radius 1 is 0.600 bits per heavy atom. The zero-order valence-electron chi connectivity index (χ0n) is 18.3. The lowest BCUT2D eigenvalue weighted by Crippen LogP contribution is -2.28. The molecule has 0 saturated carbocycles. The van der Waals surface area contributed by atoms with Crippen LogP contribution in [0.4, 0.5) is 0 Å². The molecule has 168 valence electrons. The van der Waals surface area contributed by atoms with E-state index in [0.717, 1.165) is 48.6 Å². The third-order valence-corrected chi connectivity index (χ3v) is 7.13. The van der Waals surface area contributed by atoms with E-state index >= 15 is 0 Å². The smallest absolute Gasteiger partial charge is 0.242 e. The highest BCUT2D eigenvalue weighted by atomic mass is 32.1. The standard InChI is InChI=1S/C27H17N5OS2/c33-32-14-4-2-12-25(32)20-10-6-11-22(29-20)27-31-24(17-35-27)19-8-5-7-18(15-19)23-16-34-26(30-23)21-9-1-3-13-28-21/h1-17H. The van der Waals surface area contributed by atoms with Crippen molar-refractivity contribution in [2.45, 2.75) is 0 Å². The topological polar surface area (TPSA) is 78.5 Å². The summed E-state index contributed by atoms with van der Waals surface area (Å²) >= 11 is 3.11. The summed E-state index contributed by atoms with van der Waals surface area (Å²) in [6, 6.07) is 25.0. The molecule has 1 aromatic carbocycles. The minimum atomic E-state index is 0.507. The fourth-order valence-electron chi connectivity index (χ4n) is 3.70. The van der Waals surface area contributed by atoms with Crippen LogP contribution in [0.15, 0.2) is 102 Å². The summed E-state index contributed by atoms with van der Waals surface area (Å²) < 4.78 is 0.822. The maximum absolute atomic E-state index is 12.1. The molecule has 0 aliphatic heterocycles. The van der Waals surface area contributed by atoms with E-state index in [4.69, 9.17) is 15.0 Å². The third-order valence-electron chi connectivity index (χ3n) is 5.40. The van der Waals surface area contributed by atoms with Crippen LogP contribution in [0.25, 0.3) is 55.3 Å². The lowest BCUT2D eigenvalue weighted by Gasteiger charge is -2.04. The molecule has 0 bridgehead atoms. The Kier molecular flexibility index (Phi) is 5.57. The zero-order chi connectivity index (χ0) is 23.6. The van der Waals surface area contributed by atoms with Gasteiger partial charge in [0.05, 0.1) is 22.8 Å². The van der Waals surface area contributed by atoms with Crippen LogP contribution >= 0.6 is 22.7 Å². The highest BCUT2D eigenvalue weighted by molar-refractivity contribution is 7.13. The van der Waals surface area contributed by atoms with Crippen LogP contribution in [-0.4, -0.2) is 19.9 Å². The van der Waals surface area contributed by atoms with Gasteiger partial charge in [-0.05, 0) is 36.4 Å². The van der Waals surface area contributed by atoms with Crippen molar-refractivity contribution in [3.05, 3.63) is 107 Å². The molecule has 0 aliphatic rings. The van der Waals surface area contributed by atoms with Gasteiger partial charge in [0.2, 0.25) is 5.69 Å². The number of nitrogens with zero attached hydrogens (tertiary/aromatic N) is 5. The van der Waals surface area contributed by atoms with Crippen molar-refractivity contribution >= 4 is 22.7 Å². The van der Waals surface area contributed by atoms with Crippen molar-refractivity contribution in [2.75, 3.05) is 0 Å². The first-order valence-electron chi connectivity index (χ1n) is 10.8. The Morgan fingerprint density at radius 2 is 1.26 bits per heavy atom. The number of hydrogen-bond donors (Lipinski definition) is 0. The van der Waals surface area contributed by atoms with E-state index in [1.165, 1.54) is 17.5 Å². The van der Waals surface area contributed by atoms with E-state index in [1.54, 1.807) is 29.7 Å². The predicted octanol–water partition coefficient (Wildman–Crippen LogP) is 6.36. The SMILES string of the molecule is [O-][n+]1ccccc1-c1cccc(-c2nc(-c3cccc(-c4csc(-c5ccccn5)n4)c3)cs2)n1. The van der Waals surface area contributed by atoms with E-state index < -0.39 is 0 Å². The average Bonchev–Trinajstić information content (AvgIpc) is 3.61. The first-order valence-corrected chi connectivity index (χ1v) is 12.6. The molecule has 6 nitrogen and oxygen atoms in total. The molecular formula is C27H17N5OS2. The lowest BCUT2D eigenvalue weighted by molar-refractivity contribution is -0.593. The largest absolute Gasteiger partial charge is 0.618 e. The Bertz CT molecular complexity index is 1630. The molecule has 6 rings (SSSR count). The van der Waals surface area contributed by atoms with Gasteiger partial charge in [0, 0.05) is 40.2 Å². The lowest BCUT2D eigenvalue weighted by atomic mass is 10.1. The van der Waals surface area contributed by atoms with Gasteiger partial charge in [-0.1, -0.05) is 30.3 Å². The number of benzene rings is 1. The molecule has 35 heavy (non-hydrogen) atoms. The Labute approximate surface area is 209 Å². The summed E-state index contributed by atoms with van der Waals surface area (Å²) in [5, 5.41) is 17.9. The fraction of sp³-hybridized carbons (Fsp3) is 0. The van der Waals surface area contributed by atoms with E-state index in [9.17, 15) is 5.21 Å². The molecule has 0 spiro atoms. The van der Waals surface area contributed by atoms with Crippen molar-refractivity contribution < 1.29 is 4.73 Å². The van der Waals surface area contributed by atoms with Crippen molar-refractivity contribution in [2.24, 2.45) is 0 Å². The molecule has 0 amide bonds. The molecule has 5 aromatic heterocycles. The molecule has 0 saturated heterocycles. The van der Waals surface area contributed by atoms with Crippen LogP contribution in [0.3, 0.4) is 0 Å². The van der Waals surface area contributed by atoms with Gasteiger partial charge in [0.25, 0.3) is 0 Å². The van der Waals surface area contributed by atoms with E-state index in [1.807, 2.05) is 60.0 Å². The minimum Gasteiger partial charge on any atom is -0.618 e. The van der Waals surface area contributed by atoms with Gasteiger partial charge < -0.3 is 5.21 Å². The Balaban J connectivity index is 1.29. The van der Waals surface area contributed by atoms with Gasteiger partial charge in [0.15, 0.2) is 6.20 Å². The van der Waals surface area contributed by atoms with Crippen LogP contribution in [0.5, 0.6) is 0 Å². The van der Waals surface area contributed by atoms with Crippen LogP contribution in [-0.2, 0) is 0 Å². The summed E-state index contributed by atoms with van der Waals surface area (Å²) in [5.41, 5.74) is 6.55. The molecule has 8 heteroatoms. The highest BCUT2D eigenvalue weighted by Crippen LogP contribution is 2.32. The summed E-state index contributed by atoms with van der Waals surface area (Å²) in [5.74, 6) is 0. The highest BCUT2D eigenvalue weighted by Gasteiger charge is 2.14. The number of rotatable bonds is 5. The maximum atomic E-state index is 12.1. The summed E-state index contributed by atoms with van der Waals surface area (Å²) in [7, 11) is 0. The molecule has 0 fully saturated rings. The van der Waals surface area contributed by atoms with Gasteiger partial charge in [-0.2, -0.15) is 4.73 Å². The first kappa shape index (κ1) is 21.3. The van der Waals surface area contributed by atoms with Crippen LogP contribution in [0.1, 0.15) is 0 Å². The van der Waals surface area contributed by atoms with Gasteiger partial charge in [-0.15, -0.1) is 22.7 Å². The monoisotopic (exact) mass is 491 g/mol. The summed E-state index contributed by atoms with van der Waals surface area (Å²) in [6.45, 7) is 0. The molecule has 6 aromatic rings. The van der Waals surface area contributed by atoms with E-state index in [0.29, 0.717) is 11.4 Å². The molecule has 0 N–H and O–H groups in total. The molecular weight excluding hydrogens is 474 g/mol. The fourth-order valence-corrected chi connectivity index (χ4v) is 5.30. The molecule has 0 atom stereocenters. The quantitative estimate of drug-likeness (QED) is 0.207. The third kappa shape index (κ3) is 4.32. The molecule has 0 radical (unpaired) electrons. The molecule has 0 unspecified atom stereocenters. The van der Waals surface area contributed by atoms with Crippen LogP contribution in [0, 0.1) is 5.21 Å². The summed E-state index contributed by atoms with van der Waals surface area (Å²) in [6.07, 6.45) is 3.25. The summed E-state index contributed by atoms with van der Waals surface area (Å²) in [4.78, 5) is 18.7. The van der Waals surface area contributed by atoms with Crippen molar-refractivity contribution in [1.29, 1.82) is 0 Å². The van der Waals surface area contributed by atoms with E-state index in [-0.39, 0.29) is 0 Å². The predicted molar refractivity (Wildman–Crippen MR) is 140 cm³/mol. The van der Waals surface area contributed by atoms with Gasteiger partial charge in [-0.25, -0.2) is 15.0 Å². The zero-order valence-corrected chi connectivity index (χ0v) is 19.9. The first-order chi connectivity index (χ1) is 17.2. The molecule has 5 heterocycles. The van der Waals surface area contributed by atoms with Crippen LogP contribution in [0.2, 0.25) is 0 Å². The van der Waals surface area contributed by atoms with Crippen molar-refractivity contribution in [1.82, 2.24) is 19.9 Å². The number of pyridine rings is 3. The second-order valence-corrected chi connectivity index (χ2v) is 9.41. The maximum Gasteiger partial charge on any atom is 0.242 e. The molecule has 0 aliphatic carbocycles. The van der Waals surface area contributed by atoms with Crippen molar-refractivity contribution in [3.8, 4) is 55.3 Å². The normalized spacial score (nSPS) is 11.0. The van der Waals surface area contributed by atoms with Gasteiger partial charge in [0.1, 0.15) is 15.7 Å². The second kappa shape index (κ2) is 9.17. The Morgan fingerprint density at radius 3 is 1.97 bits per heavy atom.